The van der Waals surface area contributed by atoms with Gasteiger partial charge in [0.1, 0.15) is 12.4 Å². The highest BCUT2D eigenvalue weighted by atomic mass is 16.5. The Morgan fingerprint density at radius 2 is 1.86 bits per heavy atom. The summed E-state index contributed by atoms with van der Waals surface area (Å²) in [5, 5.41) is 1.15. The summed E-state index contributed by atoms with van der Waals surface area (Å²) in [5.74, 6) is 0.804. The first-order chi connectivity index (χ1) is 18.0. The smallest absolute Gasteiger partial charge is 0.258 e. The van der Waals surface area contributed by atoms with Gasteiger partial charge in [0.05, 0.1) is 17.2 Å². The summed E-state index contributed by atoms with van der Waals surface area (Å²) >= 11 is 0. The summed E-state index contributed by atoms with van der Waals surface area (Å²) in [7, 11) is 4.13. The molecular weight excluding hydrogens is 464 g/mol. The molecule has 4 heterocycles. The normalized spacial score (nSPS) is 17.8. The molecule has 7 heteroatoms. The lowest BCUT2D eigenvalue weighted by atomic mass is 10.0. The first-order valence-corrected chi connectivity index (χ1v) is 13.0. The van der Waals surface area contributed by atoms with E-state index in [9.17, 15) is 9.59 Å². The monoisotopic (exact) mass is 496 g/mol. The van der Waals surface area contributed by atoms with E-state index < -0.39 is 0 Å². The molecule has 6 rings (SSSR count). The number of aromatic nitrogens is 2. The van der Waals surface area contributed by atoms with Crippen molar-refractivity contribution in [2.24, 2.45) is 7.05 Å². The molecule has 1 amide bonds. The zero-order valence-corrected chi connectivity index (χ0v) is 21.4. The minimum atomic E-state index is -0.138. The second-order valence-corrected chi connectivity index (χ2v) is 10.2. The molecule has 2 aromatic carbocycles. The Labute approximate surface area is 216 Å². The number of rotatable bonds is 5. The van der Waals surface area contributed by atoms with E-state index >= 15 is 0 Å². The molecule has 1 atom stereocenters. The SMILES string of the molecule is CN1CCCC1C(=O)N1CCc2c(c3ccc(-n4ccc(OCc5ccccc5)cc4=O)cc3n2C)C1. The Morgan fingerprint density at radius 3 is 2.62 bits per heavy atom. The molecule has 2 aliphatic heterocycles. The number of benzene rings is 2. The van der Waals surface area contributed by atoms with Crippen LogP contribution in [-0.4, -0.2) is 51.0 Å². The lowest BCUT2D eigenvalue weighted by Crippen LogP contribution is -2.46. The second-order valence-electron chi connectivity index (χ2n) is 10.2. The molecule has 2 aliphatic rings. The minimum absolute atomic E-state index is 0.00893. The number of nitrogens with zero attached hydrogens (tertiary/aromatic N) is 4. The Balaban J connectivity index is 1.25. The van der Waals surface area contributed by atoms with Crippen molar-refractivity contribution in [3.05, 3.63) is 94.0 Å². The average Bonchev–Trinajstić information content (AvgIpc) is 3.48. The van der Waals surface area contributed by atoms with E-state index in [-0.39, 0.29) is 17.5 Å². The van der Waals surface area contributed by atoms with Crippen LogP contribution < -0.4 is 10.3 Å². The minimum Gasteiger partial charge on any atom is -0.489 e. The third-order valence-corrected chi connectivity index (χ3v) is 7.92. The van der Waals surface area contributed by atoms with Crippen molar-refractivity contribution in [1.82, 2.24) is 18.9 Å². The Bertz CT molecular complexity index is 1520. The van der Waals surface area contributed by atoms with Gasteiger partial charge in [0, 0.05) is 55.5 Å². The van der Waals surface area contributed by atoms with Gasteiger partial charge in [0.15, 0.2) is 0 Å². The number of ether oxygens (including phenoxy) is 1. The van der Waals surface area contributed by atoms with E-state index in [0.29, 0.717) is 18.9 Å². The molecule has 0 N–H and O–H groups in total. The molecule has 37 heavy (non-hydrogen) atoms. The largest absolute Gasteiger partial charge is 0.489 e. The lowest BCUT2D eigenvalue weighted by Gasteiger charge is -2.32. The molecule has 1 saturated heterocycles. The van der Waals surface area contributed by atoms with E-state index in [1.807, 2.05) is 54.4 Å². The summed E-state index contributed by atoms with van der Waals surface area (Å²) in [6.07, 6.45) is 4.64. The van der Waals surface area contributed by atoms with Crippen LogP contribution in [0, 0.1) is 0 Å². The number of amides is 1. The maximum Gasteiger partial charge on any atom is 0.258 e. The van der Waals surface area contributed by atoms with Crippen molar-refractivity contribution < 1.29 is 9.53 Å². The van der Waals surface area contributed by atoms with Gasteiger partial charge in [-0.15, -0.1) is 0 Å². The summed E-state index contributed by atoms with van der Waals surface area (Å²) < 4.78 is 9.70. The predicted molar refractivity (Wildman–Crippen MR) is 144 cm³/mol. The van der Waals surface area contributed by atoms with E-state index in [0.717, 1.165) is 54.5 Å². The van der Waals surface area contributed by atoms with Crippen LogP contribution >= 0.6 is 0 Å². The average molecular weight is 497 g/mol. The number of aryl methyl sites for hydroxylation is 1. The van der Waals surface area contributed by atoms with Gasteiger partial charge < -0.3 is 14.2 Å². The first-order valence-electron chi connectivity index (χ1n) is 13.0. The van der Waals surface area contributed by atoms with Crippen LogP contribution in [0.1, 0.15) is 29.7 Å². The van der Waals surface area contributed by atoms with E-state index in [4.69, 9.17) is 4.74 Å². The molecule has 190 valence electrons. The molecule has 1 unspecified atom stereocenters. The van der Waals surface area contributed by atoms with Gasteiger partial charge in [0.2, 0.25) is 5.91 Å². The Hall–Kier alpha value is -3.84. The van der Waals surface area contributed by atoms with Crippen molar-refractivity contribution in [3.63, 3.8) is 0 Å². The molecule has 1 fully saturated rings. The Morgan fingerprint density at radius 1 is 1.03 bits per heavy atom. The fourth-order valence-corrected chi connectivity index (χ4v) is 5.84. The van der Waals surface area contributed by atoms with Crippen molar-refractivity contribution in [1.29, 1.82) is 0 Å². The third-order valence-electron chi connectivity index (χ3n) is 7.92. The van der Waals surface area contributed by atoms with Crippen molar-refractivity contribution in [2.45, 2.75) is 38.5 Å². The van der Waals surface area contributed by atoms with Crippen molar-refractivity contribution in [2.75, 3.05) is 20.1 Å². The molecule has 2 aromatic heterocycles. The highest BCUT2D eigenvalue weighted by Crippen LogP contribution is 2.32. The summed E-state index contributed by atoms with van der Waals surface area (Å²) in [5.41, 5.74) is 5.30. The standard InChI is InChI=1S/C30H32N4O3/c1-31-14-6-9-27(31)30(36)33-15-13-26-25(19-33)24-11-10-22(17-28(24)32(26)2)34-16-12-23(18-29(34)35)37-20-21-7-4-3-5-8-21/h3-5,7-8,10-12,16-18,27H,6,9,13-15,19-20H2,1-2H3. The van der Waals surface area contributed by atoms with E-state index in [1.54, 1.807) is 10.8 Å². The third kappa shape index (κ3) is 4.33. The van der Waals surface area contributed by atoms with Gasteiger partial charge in [-0.05, 0) is 50.2 Å². The maximum atomic E-state index is 13.2. The van der Waals surface area contributed by atoms with Crippen molar-refractivity contribution >= 4 is 16.8 Å². The number of fused-ring (bicyclic) bond motifs is 3. The zero-order chi connectivity index (χ0) is 25.5. The van der Waals surface area contributed by atoms with Crippen LogP contribution in [0.5, 0.6) is 5.75 Å². The number of likely N-dealkylation sites (N-methyl/N-ethyl adjacent to an activating group) is 1. The zero-order valence-electron chi connectivity index (χ0n) is 21.4. The number of likely N-dealkylation sites (tertiary alicyclic amines) is 1. The molecule has 0 spiro atoms. The van der Waals surface area contributed by atoms with Crippen molar-refractivity contribution in [3.8, 4) is 11.4 Å². The molecule has 7 nitrogen and oxygen atoms in total. The molecule has 0 aliphatic carbocycles. The van der Waals surface area contributed by atoms with Crippen LogP contribution in [0.3, 0.4) is 0 Å². The molecule has 0 radical (unpaired) electrons. The summed E-state index contributed by atoms with van der Waals surface area (Å²) in [6.45, 7) is 2.80. The van der Waals surface area contributed by atoms with E-state index in [1.165, 1.54) is 17.3 Å². The van der Waals surface area contributed by atoms with Crippen LogP contribution in [0.15, 0.2) is 71.7 Å². The second kappa shape index (κ2) is 9.56. The lowest BCUT2D eigenvalue weighted by molar-refractivity contribution is -0.136. The first kappa shape index (κ1) is 23.6. The number of carbonyl (C=O) groups is 1. The van der Waals surface area contributed by atoms with Crippen LogP contribution in [0.4, 0.5) is 0 Å². The highest BCUT2D eigenvalue weighted by molar-refractivity contribution is 5.89. The van der Waals surface area contributed by atoms with Gasteiger partial charge in [0.25, 0.3) is 5.56 Å². The van der Waals surface area contributed by atoms with Gasteiger partial charge in [-0.1, -0.05) is 36.4 Å². The van der Waals surface area contributed by atoms with Gasteiger partial charge in [-0.2, -0.15) is 0 Å². The molecule has 4 aromatic rings. The predicted octanol–water partition coefficient (Wildman–Crippen LogP) is 3.89. The van der Waals surface area contributed by atoms with Gasteiger partial charge in [-0.3, -0.25) is 19.1 Å². The topological polar surface area (TPSA) is 59.7 Å². The fraction of sp³-hybridized carbons (Fsp3) is 0.333. The molecule has 0 saturated carbocycles. The number of pyridine rings is 1. The number of hydrogen-bond acceptors (Lipinski definition) is 4. The van der Waals surface area contributed by atoms with Crippen LogP contribution in [-0.2, 0) is 31.4 Å². The van der Waals surface area contributed by atoms with Crippen LogP contribution in [0.25, 0.3) is 16.6 Å². The summed E-state index contributed by atoms with van der Waals surface area (Å²) in [4.78, 5) is 30.4. The number of carbonyl (C=O) groups excluding carboxylic acids is 1. The van der Waals surface area contributed by atoms with Gasteiger partial charge in [-0.25, -0.2) is 0 Å². The van der Waals surface area contributed by atoms with Crippen LogP contribution in [0.2, 0.25) is 0 Å². The number of hydrogen-bond donors (Lipinski definition) is 0. The quantitative estimate of drug-likeness (QED) is 0.421. The molecule has 0 bridgehead atoms. The summed E-state index contributed by atoms with van der Waals surface area (Å²) in [6, 6.07) is 19.4. The highest BCUT2D eigenvalue weighted by Gasteiger charge is 2.34. The fourth-order valence-electron chi connectivity index (χ4n) is 5.84. The van der Waals surface area contributed by atoms with Gasteiger partial charge >= 0.3 is 0 Å². The maximum absolute atomic E-state index is 13.2. The van der Waals surface area contributed by atoms with E-state index in [2.05, 4.69) is 28.6 Å². The molecular formula is C30H32N4O3. The Kier molecular flexibility index (Phi) is 6.08.